The van der Waals surface area contributed by atoms with Crippen LogP contribution in [-0.4, -0.2) is 30.5 Å². The molecule has 0 spiro atoms. The van der Waals surface area contributed by atoms with Crippen molar-refractivity contribution in [1.29, 1.82) is 0 Å². The fraction of sp³-hybridized carbons (Fsp3) is 0.632. The van der Waals surface area contributed by atoms with Crippen LogP contribution >= 0.6 is 0 Å². The summed E-state index contributed by atoms with van der Waals surface area (Å²) in [5.74, 6) is 1.11. The summed E-state index contributed by atoms with van der Waals surface area (Å²) in [4.78, 5) is 7.02. The molecule has 0 aromatic heterocycles. The Labute approximate surface area is 141 Å². The van der Waals surface area contributed by atoms with Crippen LogP contribution in [0.3, 0.4) is 0 Å². The smallest absolute Gasteiger partial charge is 0.188 e. The van der Waals surface area contributed by atoms with Crippen LogP contribution < -0.4 is 11.1 Å². The summed E-state index contributed by atoms with van der Waals surface area (Å²) in [6.45, 7) is 9.34. The Morgan fingerprint density at radius 1 is 1.17 bits per heavy atom. The Kier molecular flexibility index (Phi) is 7.40. The second-order valence-electron chi connectivity index (χ2n) is 6.99. The zero-order valence-electron chi connectivity index (χ0n) is 14.7. The normalized spacial score (nSPS) is 17.3. The molecule has 1 heterocycles. The van der Waals surface area contributed by atoms with Gasteiger partial charge in [0.2, 0.25) is 0 Å². The molecule has 1 fully saturated rings. The molecule has 0 atom stereocenters. The van der Waals surface area contributed by atoms with Gasteiger partial charge in [0.1, 0.15) is 0 Å². The van der Waals surface area contributed by atoms with Crippen molar-refractivity contribution in [3.63, 3.8) is 0 Å². The summed E-state index contributed by atoms with van der Waals surface area (Å²) in [5.41, 5.74) is 8.52. The molecular formula is C19H32N4. The number of aliphatic imine (C=N–C) groups is 1. The summed E-state index contributed by atoms with van der Waals surface area (Å²) in [6.07, 6.45) is 5.44. The fourth-order valence-electron chi connectivity index (χ4n) is 2.92. The number of benzene rings is 1. The molecule has 2 rings (SSSR count). The Morgan fingerprint density at radius 3 is 2.57 bits per heavy atom. The van der Waals surface area contributed by atoms with Crippen molar-refractivity contribution in [1.82, 2.24) is 10.2 Å². The van der Waals surface area contributed by atoms with E-state index in [1.165, 1.54) is 49.9 Å². The minimum absolute atomic E-state index is 0.539. The Balaban J connectivity index is 1.87. The molecule has 0 saturated carbocycles. The summed E-state index contributed by atoms with van der Waals surface area (Å²) >= 11 is 0. The molecule has 1 aliphatic rings. The highest BCUT2D eigenvalue weighted by molar-refractivity contribution is 5.77. The highest BCUT2D eigenvalue weighted by Crippen LogP contribution is 2.14. The minimum atomic E-state index is 0.539. The van der Waals surface area contributed by atoms with E-state index in [1.807, 2.05) is 0 Å². The maximum atomic E-state index is 5.91. The molecular weight excluding hydrogens is 284 g/mol. The average Bonchev–Trinajstić information content (AvgIpc) is 2.80. The highest BCUT2D eigenvalue weighted by atomic mass is 15.1. The summed E-state index contributed by atoms with van der Waals surface area (Å²) < 4.78 is 0. The van der Waals surface area contributed by atoms with Crippen LogP contribution in [0.25, 0.3) is 0 Å². The van der Waals surface area contributed by atoms with Crippen LogP contribution in [-0.2, 0) is 13.1 Å². The van der Waals surface area contributed by atoms with Crippen LogP contribution in [0.4, 0.5) is 0 Å². The van der Waals surface area contributed by atoms with Crippen molar-refractivity contribution >= 4 is 5.96 Å². The molecule has 0 unspecified atom stereocenters. The Morgan fingerprint density at radius 2 is 1.87 bits per heavy atom. The van der Waals surface area contributed by atoms with Gasteiger partial charge in [-0.15, -0.1) is 0 Å². The summed E-state index contributed by atoms with van der Waals surface area (Å²) in [6, 6.07) is 8.75. The van der Waals surface area contributed by atoms with Gasteiger partial charge < -0.3 is 11.1 Å². The lowest BCUT2D eigenvalue weighted by atomic mass is 10.1. The van der Waals surface area contributed by atoms with E-state index in [9.17, 15) is 0 Å². The lowest BCUT2D eigenvalue weighted by molar-refractivity contribution is 0.277. The van der Waals surface area contributed by atoms with Gasteiger partial charge in [-0.1, -0.05) is 51.0 Å². The van der Waals surface area contributed by atoms with E-state index < -0.39 is 0 Å². The van der Waals surface area contributed by atoms with Gasteiger partial charge in [0.15, 0.2) is 5.96 Å². The van der Waals surface area contributed by atoms with E-state index in [1.54, 1.807) is 0 Å². The first-order chi connectivity index (χ1) is 11.1. The van der Waals surface area contributed by atoms with Gasteiger partial charge in [-0.2, -0.15) is 0 Å². The number of rotatable bonds is 6. The zero-order chi connectivity index (χ0) is 16.5. The van der Waals surface area contributed by atoms with Gasteiger partial charge in [-0.3, -0.25) is 4.90 Å². The van der Waals surface area contributed by atoms with Crippen LogP contribution in [0.5, 0.6) is 0 Å². The molecule has 0 radical (unpaired) electrons. The molecule has 1 aliphatic heterocycles. The van der Waals surface area contributed by atoms with Crippen LogP contribution in [0.15, 0.2) is 29.3 Å². The molecule has 4 nitrogen and oxygen atoms in total. The minimum Gasteiger partial charge on any atom is -0.370 e. The molecule has 0 aliphatic carbocycles. The second-order valence-corrected chi connectivity index (χ2v) is 6.99. The zero-order valence-corrected chi connectivity index (χ0v) is 14.7. The van der Waals surface area contributed by atoms with Gasteiger partial charge in [0, 0.05) is 13.1 Å². The van der Waals surface area contributed by atoms with Gasteiger partial charge in [0.05, 0.1) is 6.54 Å². The molecule has 1 aromatic rings. The first kappa shape index (κ1) is 17.8. The second kappa shape index (κ2) is 9.56. The summed E-state index contributed by atoms with van der Waals surface area (Å²) in [7, 11) is 0. The lowest BCUT2D eigenvalue weighted by Gasteiger charge is -2.20. The van der Waals surface area contributed by atoms with Crippen LogP contribution in [0.2, 0.25) is 0 Å². The molecule has 0 bridgehead atoms. The molecule has 128 valence electrons. The number of guanidine groups is 1. The number of likely N-dealkylation sites (tertiary alicyclic amines) is 1. The molecule has 23 heavy (non-hydrogen) atoms. The molecule has 4 heteroatoms. The molecule has 0 amide bonds. The largest absolute Gasteiger partial charge is 0.370 e. The van der Waals surface area contributed by atoms with Crippen LogP contribution in [0.1, 0.15) is 50.7 Å². The Bertz CT molecular complexity index is 488. The first-order valence-electron chi connectivity index (χ1n) is 8.97. The first-order valence-corrected chi connectivity index (χ1v) is 8.97. The standard InChI is InChI=1S/C19H32N4/c1-16(2)13-21-19(20)22-14-17-8-7-9-18(12-17)15-23-10-5-3-4-6-11-23/h7-9,12,16H,3-6,10-11,13-15H2,1-2H3,(H3,20,21,22). The number of nitrogens with two attached hydrogens (primary N) is 1. The highest BCUT2D eigenvalue weighted by Gasteiger charge is 2.09. The van der Waals surface area contributed by atoms with E-state index in [0.717, 1.165) is 13.1 Å². The number of hydrogen-bond acceptors (Lipinski definition) is 2. The topological polar surface area (TPSA) is 53.6 Å². The predicted molar refractivity (Wildman–Crippen MR) is 98.4 cm³/mol. The average molecular weight is 316 g/mol. The van der Waals surface area contributed by atoms with Crippen molar-refractivity contribution in [3.8, 4) is 0 Å². The number of nitrogens with one attached hydrogen (secondary N) is 1. The third kappa shape index (κ3) is 7.04. The van der Waals surface area contributed by atoms with Gasteiger partial charge >= 0.3 is 0 Å². The number of nitrogens with zero attached hydrogens (tertiary/aromatic N) is 2. The van der Waals surface area contributed by atoms with Gasteiger partial charge in [0.25, 0.3) is 0 Å². The maximum Gasteiger partial charge on any atom is 0.188 e. The Hall–Kier alpha value is -1.55. The third-order valence-electron chi connectivity index (χ3n) is 4.22. The van der Waals surface area contributed by atoms with E-state index in [2.05, 4.69) is 53.3 Å². The summed E-state index contributed by atoms with van der Waals surface area (Å²) in [5, 5.41) is 3.16. The predicted octanol–water partition coefficient (Wildman–Crippen LogP) is 3.12. The molecule has 1 saturated heterocycles. The van der Waals surface area contributed by atoms with Crippen molar-refractivity contribution in [2.24, 2.45) is 16.6 Å². The molecule has 1 aromatic carbocycles. The third-order valence-corrected chi connectivity index (χ3v) is 4.22. The van der Waals surface area contributed by atoms with Crippen molar-refractivity contribution in [2.45, 2.75) is 52.6 Å². The monoisotopic (exact) mass is 316 g/mol. The quantitative estimate of drug-likeness (QED) is 0.626. The van der Waals surface area contributed by atoms with E-state index in [4.69, 9.17) is 5.73 Å². The van der Waals surface area contributed by atoms with E-state index in [-0.39, 0.29) is 0 Å². The fourth-order valence-corrected chi connectivity index (χ4v) is 2.92. The van der Waals surface area contributed by atoms with Crippen LogP contribution in [0, 0.1) is 5.92 Å². The molecule has 3 N–H and O–H groups in total. The lowest BCUT2D eigenvalue weighted by Crippen LogP contribution is -2.34. The van der Waals surface area contributed by atoms with Crippen molar-refractivity contribution in [3.05, 3.63) is 35.4 Å². The van der Waals surface area contributed by atoms with Gasteiger partial charge in [-0.25, -0.2) is 4.99 Å². The van der Waals surface area contributed by atoms with Crippen molar-refractivity contribution < 1.29 is 0 Å². The van der Waals surface area contributed by atoms with E-state index >= 15 is 0 Å². The van der Waals surface area contributed by atoms with Gasteiger partial charge in [-0.05, 0) is 43.0 Å². The maximum absolute atomic E-state index is 5.91. The van der Waals surface area contributed by atoms with E-state index in [0.29, 0.717) is 18.4 Å². The SMILES string of the molecule is CC(C)CNC(N)=NCc1cccc(CN2CCCCCC2)c1. The van der Waals surface area contributed by atoms with Crippen molar-refractivity contribution in [2.75, 3.05) is 19.6 Å². The number of hydrogen-bond donors (Lipinski definition) is 2.